The van der Waals surface area contributed by atoms with E-state index in [4.69, 9.17) is 16.0 Å². The van der Waals surface area contributed by atoms with Gasteiger partial charge in [-0.1, -0.05) is 11.6 Å². The second-order valence-corrected chi connectivity index (χ2v) is 5.03. The van der Waals surface area contributed by atoms with Gasteiger partial charge in [-0.2, -0.15) is 0 Å². The Bertz CT molecular complexity index is 663. The van der Waals surface area contributed by atoms with E-state index in [0.717, 1.165) is 11.1 Å². The number of fused-ring (bicyclic) bond motifs is 1. The molecule has 1 amide bonds. The van der Waals surface area contributed by atoms with Gasteiger partial charge in [0.15, 0.2) is 0 Å². The van der Waals surface area contributed by atoms with Gasteiger partial charge in [0.2, 0.25) is 5.91 Å². The lowest BCUT2D eigenvalue weighted by Crippen LogP contribution is -2.03. The van der Waals surface area contributed by atoms with Crippen molar-refractivity contribution in [2.75, 3.05) is 5.32 Å². The maximum absolute atomic E-state index is 11.3. The maximum atomic E-state index is 11.3. The second-order valence-electron chi connectivity index (χ2n) is 4.63. The first-order valence-corrected chi connectivity index (χ1v) is 6.28. The molecule has 19 heavy (non-hydrogen) atoms. The molecule has 4 nitrogen and oxygen atoms in total. The fraction of sp³-hybridized carbons (Fsp3) is 0.214. The number of hydrogen-bond acceptors (Lipinski definition) is 3. The molecule has 1 aliphatic heterocycles. The number of furan rings is 1. The minimum absolute atomic E-state index is 0.0631. The molecule has 0 radical (unpaired) electrons. The van der Waals surface area contributed by atoms with Gasteiger partial charge in [-0.15, -0.1) is 0 Å². The Morgan fingerprint density at radius 1 is 1.47 bits per heavy atom. The third kappa shape index (κ3) is 2.03. The average molecular weight is 278 g/mol. The zero-order valence-electron chi connectivity index (χ0n) is 10.2. The summed E-state index contributed by atoms with van der Waals surface area (Å²) in [7, 11) is 0. The molecule has 1 atom stereocenters. The highest BCUT2D eigenvalue weighted by atomic mass is 35.5. The number of nitrogens with one attached hydrogen (secondary N) is 1. The Labute approximate surface area is 115 Å². The van der Waals surface area contributed by atoms with Gasteiger partial charge in [0, 0.05) is 16.3 Å². The van der Waals surface area contributed by atoms with Gasteiger partial charge >= 0.3 is 0 Å². The van der Waals surface area contributed by atoms with Crippen LogP contribution in [-0.2, 0) is 11.2 Å². The molecular weight excluding hydrogens is 266 g/mol. The summed E-state index contributed by atoms with van der Waals surface area (Å²) < 4.78 is 5.28. The molecule has 5 heteroatoms. The lowest BCUT2D eigenvalue weighted by Gasteiger charge is -2.13. The molecule has 1 unspecified atom stereocenters. The van der Waals surface area contributed by atoms with Crippen LogP contribution in [0.3, 0.4) is 0 Å². The fourth-order valence-electron chi connectivity index (χ4n) is 2.28. The van der Waals surface area contributed by atoms with Crippen molar-refractivity contribution in [2.24, 2.45) is 0 Å². The number of aliphatic hydroxyl groups excluding tert-OH is 1. The summed E-state index contributed by atoms with van der Waals surface area (Å²) in [5.41, 5.74) is 2.96. The largest absolute Gasteiger partial charge is 0.466 e. The highest BCUT2D eigenvalue weighted by Crippen LogP contribution is 2.36. The zero-order chi connectivity index (χ0) is 13.6. The minimum Gasteiger partial charge on any atom is -0.466 e. The van der Waals surface area contributed by atoms with Crippen LogP contribution in [-0.4, -0.2) is 11.0 Å². The Morgan fingerprint density at radius 3 is 2.95 bits per heavy atom. The van der Waals surface area contributed by atoms with Crippen LogP contribution in [0.15, 0.2) is 28.9 Å². The van der Waals surface area contributed by atoms with Crippen LogP contribution in [0, 0.1) is 6.92 Å². The molecule has 2 heterocycles. The summed E-state index contributed by atoms with van der Waals surface area (Å²) in [6, 6.07) is 5.20. The van der Waals surface area contributed by atoms with E-state index in [-0.39, 0.29) is 5.91 Å². The van der Waals surface area contributed by atoms with Crippen molar-refractivity contribution < 1.29 is 14.3 Å². The van der Waals surface area contributed by atoms with Gasteiger partial charge < -0.3 is 14.8 Å². The first-order valence-electron chi connectivity index (χ1n) is 5.90. The van der Waals surface area contributed by atoms with Gasteiger partial charge in [0.1, 0.15) is 11.9 Å². The van der Waals surface area contributed by atoms with Crippen molar-refractivity contribution in [3.63, 3.8) is 0 Å². The quantitative estimate of drug-likeness (QED) is 0.887. The van der Waals surface area contributed by atoms with E-state index < -0.39 is 6.10 Å². The number of hydrogen-bond donors (Lipinski definition) is 2. The third-order valence-corrected chi connectivity index (χ3v) is 3.62. The molecule has 98 valence electrons. The Hall–Kier alpha value is -1.78. The average Bonchev–Trinajstić information content (AvgIpc) is 2.92. The summed E-state index contributed by atoms with van der Waals surface area (Å²) >= 11 is 6.17. The van der Waals surface area contributed by atoms with Crippen LogP contribution in [0.1, 0.15) is 28.6 Å². The monoisotopic (exact) mass is 277 g/mol. The fourth-order valence-corrected chi connectivity index (χ4v) is 2.55. The topological polar surface area (TPSA) is 62.5 Å². The SMILES string of the molecule is Cc1ccoc1C(O)c1cc2c(cc1Cl)NC(=O)C2. The normalized spacial score (nSPS) is 15.2. The molecule has 0 fully saturated rings. The number of carbonyl (C=O) groups is 1. The molecule has 0 saturated carbocycles. The molecule has 2 N–H and O–H groups in total. The van der Waals surface area contributed by atoms with Crippen LogP contribution in [0.5, 0.6) is 0 Å². The van der Waals surface area contributed by atoms with E-state index in [9.17, 15) is 9.90 Å². The van der Waals surface area contributed by atoms with Gasteiger partial charge in [-0.3, -0.25) is 4.79 Å². The van der Waals surface area contributed by atoms with E-state index in [1.807, 2.05) is 6.92 Å². The molecule has 0 bridgehead atoms. The zero-order valence-corrected chi connectivity index (χ0v) is 11.0. The molecule has 3 rings (SSSR count). The highest BCUT2D eigenvalue weighted by Gasteiger charge is 2.24. The standard InChI is InChI=1S/C14H12ClNO3/c1-7-2-3-19-14(7)13(18)9-4-8-5-12(17)16-11(8)6-10(9)15/h2-4,6,13,18H,5H2,1H3,(H,16,17). The number of aryl methyl sites for hydroxylation is 1. The second kappa shape index (κ2) is 4.40. The predicted octanol–water partition coefficient (Wildman–Crippen LogP) is 2.82. The number of aliphatic hydroxyl groups is 1. The Kier molecular flexibility index (Phi) is 2.84. The summed E-state index contributed by atoms with van der Waals surface area (Å²) in [5.74, 6) is 0.408. The number of rotatable bonds is 2. The molecule has 0 aliphatic carbocycles. The molecule has 1 aliphatic rings. The van der Waals surface area contributed by atoms with Crippen molar-refractivity contribution in [3.05, 3.63) is 51.9 Å². The van der Waals surface area contributed by atoms with Crippen molar-refractivity contribution in [1.29, 1.82) is 0 Å². The van der Waals surface area contributed by atoms with Gasteiger partial charge in [0.05, 0.1) is 12.7 Å². The smallest absolute Gasteiger partial charge is 0.228 e. The van der Waals surface area contributed by atoms with E-state index in [1.165, 1.54) is 6.26 Å². The van der Waals surface area contributed by atoms with E-state index in [0.29, 0.717) is 28.5 Å². The van der Waals surface area contributed by atoms with Gasteiger partial charge in [0.25, 0.3) is 0 Å². The number of halogens is 1. The highest BCUT2D eigenvalue weighted by molar-refractivity contribution is 6.32. The molecule has 0 saturated heterocycles. The van der Waals surface area contributed by atoms with Crippen LogP contribution in [0.4, 0.5) is 5.69 Å². The molecular formula is C14H12ClNO3. The number of benzene rings is 1. The lowest BCUT2D eigenvalue weighted by atomic mass is 10.0. The van der Waals surface area contributed by atoms with E-state index in [1.54, 1.807) is 18.2 Å². The maximum Gasteiger partial charge on any atom is 0.228 e. The summed E-state index contributed by atoms with van der Waals surface area (Å²) in [6.07, 6.45) is 0.910. The van der Waals surface area contributed by atoms with Crippen LogP contribution in [0.2, 0.25) is 5.02 Å². The predicted molar refractivity (Wildman–Crippen MR) is 71.3 cm³/mol. The minimum atomic E-state index is -0.927. The van der Waals surface area contributed by atoms with Gasteiger partial charge in [-0.25, -0.2) is 0 Å². The van der Waals surface area contributed by atoms with Crippen LogP contribution in [0.25, 0.3) is 0 Å². The lowest BCUT2D eigenvalue weighted by molar-refractivity contribution is -0.115. The first kappa shape index (κ1) is 12.3. The Balaban J connectivity index is 2.05. The van der Waals surface area contributed by atoms with Crippen molar-refractivity contribution in [2.45, 2.75) is 19.4 Å². The summed E-state index contributed by atoms with van der Waals surface area (Å²) in [6.45, 7) is 1.86. The summed E-state index contributed by atoms with van der Waals surface area (Å²) in [4.78, 5) is 11.3. The number of amides is 1. The first-order chi connectivity index (χ1) is 9.06. The van der Waals surface area contributed by atoms with Crippen molar-refractivity contribution >= 4 is 23.2 Å². The number of carbonyl (C=O) groups excluding carboxylic acids is 1. The molecule has 1 aromatic carbocycles. The van der Waals surface area contributed by atoms with Crippen LogP contribution >= 0.6 is 11.6 Å². The van der Waals surface area contributed by atoms with Crippen LogP contribution < -0.4 is 5.32 Å². The Morgan fingerprint density at radius 2 is 2.26 bits per heavy atom. The van der Waals surface area contributed by atoms with E-state index in [2.05, 4.69) is 5.32 Å². The molecule has 0 spiro atoms. The summed E-state index contributed by atoms with van der Waals surface area (Å²) in [5, 5.41) is 13.5. The molecule has 1 aromatic heterocycles. The van der Waals surface area contributed by atoms with Gasteiger partial charge in [-0.05, 0) is 36.2 Å². The third-order valence-electron chi connectivity index (χ3n) is 3.29. The van der Waals surface area contributed by atoms with E-state index >= 15 is 0 Å². The van der Waals surface area contributed by atoms with Crippen molar-refractivity contribution in [1.82, 2.24) is 0 Å². The number of anilines is 1. The molecule has 2 aromatic rings. The van der Waals surface area contributed by atoms with Crippen molar-refractivity contribution in [3.8, 4) is 0 Å².